The highest BCUT2D eigenvalue weighted by Gasteiger charge is 2.52. The minimum atomic E-state index is -0.734. The summed E-state index contributed by atoms with van der Waals surface area (Å²) in [6.07, 6.45) is 4.50. The molecule has 3 saturated heterocycles. The fourth-order valence-corrected chi connectivity index (χ4v) is 3.87. The zero-order chi connectivity index (χ0) is 12.7. The van der Waals surface area contributed by atoms with Crippen molar-refractivity contribution in [3.63, 3.8) is 0 Å². The molecule has 3 aliphatic heterocycles. The van der Waals surface area contributed by atoms with Gasteiger partial charge < -0.3 is 15.3 Å². The predicted octanol–water partition coefficient (Wildman–Crippen LogP) is 0.450. The Morgan fingerprint density at radius 2 is 2.06 bits per heavy atom. The number of carboxylic acids is 1. The zero-order valence-corrected chi connectivity index (χ0v) is 10.5. The first-order chi connectivity index (χ1) is 8.68. The van der Waals surface area contributed by atoms with E-state index in [1.165, 1.54) is 0 Å². The van der Waals surface area contributed by atoms with E-state index in [0.29, 0.717) is 6.42 Å². The minimum absolute atomic E-state index is 0.0399. The largest absolute Gasteiger partial charge is 0.481 e. The van der Waals surface area contributed by atoms with Gasteiger partial charge in [0.15, 0.2) is 0 Å². The lowest BCUT2D eigenvalue weighted by atomic mass is 9.89. The summed E-state index contributed by atoms with van der Waals surface area (Å²) in [5, 5.41) is 12.5. The monoisotopic (exact) mass is 252 g/mol. The van der Waals surface area contributed by atoms with E-state index in [0.717, 1.165) is 38.8 Å². The Kier molecular flexibility index (Phi) is 3.01. The molecule has 2 N–H and O–H groups in total. The number of aliphatic carboxylic acids is 1. The Morgan fingerprint density at radius 1 is 1.22 bits per heavy atom. The summed E-state index contributed by atoms with van der Waals surface area (Å²) < 4.78 is 0. The maximum Gasteiger partial charge on any atom is 0.308 e. The normalized spacial score (nSPS) is 39.0. The molecule has 0 radical (unpaired) electrons. The molecule has 3 aliphatic rings. The molecule has 0 spiro atoms. The lowest BCUT2D eigenvalue weighted by molar-refractivity contribution is -0.143. The molecular weight excluding hydrogens is 232 g/mol. The number of nitrogens with zero attached hydrogens (tertiary/aromatic N) is 1. The van der Waals surface area contributed by atoms with Crippen LogP contribution in [-0.2, 0) is 9.59 Å². The Labute approximate surface area is 107 Å². The Morgan fingerprint density at radius 3 is 2.67 bits per heavy atom. The van der Waals surface area contributed by atoms with Crippen LogP contribution in [-0.4, -0.2) is 47.1 Å². The lowest BCUT2D eigenvalue weighted by Crippen LogP contribution is -2.46. The predicted molar refractivity (Wildman–Crippen MR) is 65.0 cm³/mol. The molecule has 0 aromatic carbocycles. The number of fused-ring (bicyclic) bond motifs is 2. The number of hydrogen-bond donors (Lipinski definition) is 2. The number of hydrogen-bond acceptors (Lipinski definition) is 3. The van der Waals surface area contributed by atoms with Crippen molar-refractivity contribution in [2.45, 2.75) is 44.2 Å². The van der Waals surface area contributed by atoms with Gasteiger partial charge in [0.05, 0.1) is 11.8 Å². The van der Waals surface area contributed by atoms with Crippen molar-refractivity contribution >= 4 is 11.9 Å². The summed E-state index contributed by atoms with van der Waals surface area (Å²) in [4.78, 5) is 25.6. The summed E-state index contributed by atoms with van der Waals surface area (Å²) >= 11 is 0. The number of rotatable bonds is 2. The van der Waals surface area contributed by atoms with Gasteiger partial charge in [0.25, 0.3) is 0 Å². The van der Waals surface area contributed by atoms with Gasteiger partial charge in [0, 0.05) is 18.6 Å². The molecule has 0 aromatic rings. The second kappa shape index (κ2) is 4.53. The van der Waals surface area contributed by atoms with Crippen LogP contribution in [0, 0.1) is 11.8 Å². The highest BCUT2D eigenvalue weighted by molar-refractivity contribution is 5.82. The molecule has 0 aromatic heterocycles. The van der Waals surface area contributed by atoms with Crippen molar-refractivity contribution in [1.82, 2.24) is 10.2 Å². The summed E-state index contributed by atoms with van der Waals surface area (Å²) in [6, 6.07) is 0.146. The van der Waals surface area contributed by atoms with Gasteiger partial charge >= 0.3 is 5.97 Å². The van der Waals surface area contributed by atoms with Gasteiger partial charge in [-0.3, -0.25) is 9.59 Å². The number of piperidine rings is 1. The highest BCUT2D eigenvalue weighted by Crippen LogP contribution is 2.42. The molecule has 3 rings (SSSR count). The Bertz CT molecular complexity index is 365. The number of amides is 1. The Balaban J connectivity index is 1.72. The van der Waals surface area contributed by atoms with Gasteiger partial charge in [-0.25, -0.2) is 0 Å². The first-order valence-electron chi connectivity index (χ1n) is 6.94. The van der Waals surface area contributed by atoms with Crippen LogP contribution in [0.25, 0.3) is 0 Å². The van der Waals surface area contributed by atoms with Crippen molar-refractivity contribution in [3.05, 3.63) is 0 Å². The molecule has 3 fully saturated rings. The van der Waals surface area contributed by atoms with Crippen LogP contribution in [0.4, 0.5) is 0 Å². The molecule has 4 atom stereocenters. The molecule has 5 heteroatoms. The molecule has 2 bridgehead atoms. The van der Waals surface area contributed by atoms with E-state index in [9.17, 15) is 14.7 Å². The Hall–Kier alpha value is -1.10. The first-order valence-corrected chi connectivity index (χ1v) is 6.94. The first kappa shape index (κ1) is 12.0. The molecule has 3 unspecified atom stereocenters. The van der Waals surface area contributed by atoms with E-state index in [4.69, 9.17) is 0 Å². The maximum atomic E-state index is 12.5. The van der Waals surface area contributed by atoms with Gasteiger partial charge in [0.1, 0.15) is 0 Å². The van der Waals surface area contributed by atoms with Crippen molar-refractivity contribution in [2.24, 2.45) is 11.8 Å². The van der Waals surface area contributed by atoms with E-state index >= 15 is 0 Å². The average molecular weight is 252 g/mol. The topological polar surface area (TPSA) is 69.6 Å². The summed E-state index contributed by atoms with van der Waals surface area (Å²) in [5.41, 5.74) is 0. The SMILES string of the molecule is O=C(O)C1CC2CCC1N2C(=O)[C@H]1CCCNC1. The molecular formula is C13H20N2O3. The number of carboxylic acid groups (broad SMARTS) is 1. The van der Waals surface area contributed by atoms with Gasteiger partial charge in [-0.15, -0.1) is 0 Å². The lowest BCUT2D eigenvalue weighted by Gasteiger charge is -2.30. The summed E-state index contributed by atoms with van der Waals surface area (Å²) in [7, 11) is 0. The third-order valence-electron chi connectivity index (χ3n) is 4.75. The minimum Gasteiger partial charge on any atom is -0.481 e. The van der Waals surface area contributed by atoms with Crippen molar-refractivity contribution in [1.29, 1.82) is 0 Å². The second-order valence-corrected chi connectivity index (χ2v) is 5.77. The quantitative estimate of drug-likeness (QED) is 0.748. The van der Waals surface area contributed by atoms with Gasteiger partial charge in [-0.2, -0.15) is 0 Å². The van der Waals surface area contributed by atoms with Crippen LogP contribution >= 0.6 is 0 Å². The molecule has 18 heavy (non-hydrogen) atoms. The van der Waals surface area contributed by atoms with Gasteiger partial charge in [0.2, 0.25) is 5.91 Å². The van der Waals surface area contributed by atoms with E-state index < -0.39 is 5.97 Å². The summed E-state index contributed by atoms with van der Waals surface area (Å²) in [5.74, 6) is -0.807. The van der Waals surface area contributed by atoms with Gasteiger partial charge in [-0.1, -0.05) is 0 Å². The number of nitrogens with one attached hydrogen (secondary N) is 1. The smallest absolute Gasteiger partial charge is 0.308 e. The maximum absolute atomic E-state index is 12.5. The molecule has 5 nitrogen and oxygen atoms in total. The van der Waals surface area contributed by atoms with Crippen LogP contribution in [0.15, 0.2) is 0 Å². The third kappa shape index (κ3) is 1.81. The number of carbonyl (C=O) groups excluding carboxylic acids is 1. The van der Waals surface area contributed by atoms with Crippen LogP contribution in [0.3, 0.4) is 0 Å². The summed E-state index contributed by atoms with van der Waals surface area (Å²) in [6.45, 7) is 1.75. The van der Waals surface area contributed by atoms with Crippen LogP contribution in [0.2, 0.25) is 0 Å². The number of carbonyl (C=O) groups is 2. The molecule has 0 saturated carbocycles. The molecule has 1 amide bonds. The van der Waals surface area contributed by atoms with Crippen molar-refractivity contribution < 1.29 is 14.7 Å². The van der Waals surface area contributed by atoms with E-state index in [1.807, 2.05) is 4.90 Å². The molecule has 0 aliphatic carbocycles. The van der Waals surface area contributed by atoms with Crippen molar-refractivity contribution in [3.8, 4) is 0 Å². The van der Waals surface area contributed by atoms with Crippen LogP contribution in [0.1, 0.15) is 32.1 Å². The van der Waals surface area contributed by atoms with E-state index in [-0.39, 0.29) is 29.8 Å². The van der Waals surface area contributed by atoms with Crippen LogP contribution < -0.4 is 5.32 Å². The van der Waals surface area contributed by atoms with Crippen LogP contribution in [0.5, 0.6) is 0 Å². The van der Waals surface area contributed by atoms with Gasteiger partial charge in [-0.05, 0) is 38.6 Å². The standard InChI is InChI=1S/C13H20N2O3/c16-12(8-2-1-5-14-7-8)15-9-3-4-11(15)10(6-9)13(17)18/h8-11,14H,1-7H2,(H,17,18)/t8-,9?,10?,11?/m0/s1. The third-order valence-corrected chi connectivity index (χ3v) is 4.75. The second-order valence-electron chi connectivity index (χ2n) is 5.77. The van der Waals surface area contributed by atoms with Crippen molar-refractivity contribution in [2.75, 3.05) is 13.1 Å². The van der Waals surface area contributed by atoms with E-state index in [2.05, 4.69) is 5.32 Å². The van der Waals surface area contributed by atoms with E-state index in [1.54, 1.807) is 0 Å². The fourth-order valence-electron chi connectivity index (χ4n) is 3.87. The molecule has 100 valence electrons. The highest BCUT2D eigenvalue weighted by atomic mass is 16.4. The molecule has 3 heterocycles. The fraction of sp³-hybridized carbons (Fsp3) is 0.846. The zero-order valence-electron chi connectivity index (χ0n) is 10.5. The average Bonchev–Trinajstić information content (AvgIpc) is 2.96.